The third-order valence-electron chi connectivity index (χ3n) is 6.14. The van der Waals surface area contributed by atoms with Gasteiger partial charge in [-0.1, -0.05) is 18.9 Å². The van der Waals surface area contributed by atoms with Crippen LogP contribution in [-0.2, 0) is 14.8 Å². The molecular weight excluding hydrogens is 390 g/mol. The van der Waals surface area contributed by atoms with Crippen molar-refractivity contribution in [3.05, 3.63) is 29.8 Å². The molecule has 2 N–H and O–H groups in total. The summed E-state index contributed by atoms with van der Waals surface area (Å²) in [6.07, 6.45) is 7.24. The molecule has 1 aliphatic heterocycles. The first kappa shape index (κ1) is 20.3. The Balaban J connectivity index is 1.36. The number of carbonyl (C=O) groups excluding carboxylic acids is 2. The van der Waals surface area contributed by atoms with Gasteiger partial charge >= 0.3 is 0 Å². The van der Waals surface area contributed by atoms with E-state index in [1.807, 2.05) is 0 Å². The Hall–Kier alpha value is -1.93. The van der Waals surface area contributed by atoms with Gasteiger partial charge in [-0.05, 0) is 56.7 Å². The summed E-state index contributed by atoms with van der Waals surface area (Å²) < 4.78 is 28.1. The zero-order chi connectivity index (χ0) is 20.4. The number of benzene rings is 1. The van der Waals surface area contributed by atoms with E-state index < -0.39 is 10.0 Å². The van der Waals surface area contributed by atoms with Crippen molar-refractivity contribution in [1.29, 1.82) is 0 Å². The molecule has 0 radical (unpaired) electrons. The summed E-state index contributed by atoms with van der Waals surface area (Å²) in [7, 11) is -3.62. The van der Waals surface area contributed by atoms with E-state index in [-0.39, 0.29) is 34.7 Å². The summed E-state index contributed by atoms with van der Waals surface area (Å²) in [5.74, 6) is 0.175. The van der Waals surface area contributed by atoms with Crippen LogP contribution in [0.5, 0.6) is 0 Å². The summed E-state index contributed by atoms with van der Waals surface area (Å²) in [6.45, 7) is 1.12. The number of likely N-dealkylation sites (tertiary alicyclic amines) is 1. The van der Waals surface area contributed by atoms with E-state index in [4.69, 9.17) is 0 Å². The maximum atomic E-state index is 12.9. The molecule has 29 heavy (non-hydrogen) atoms. The fourth-order valence-corrected chi connectivity index (χ4v) is 5.55. The van der Waals surface area contributed by atoms with Gasteiger partial charge in [0.1, 0.15) is 0 Å². The van der Waals surface area contributed by atoms with Gasteiger partial charge in [0, 0.05) is 36.7 Å². The summed E-state index contributed by atoms with van der Waals surface area (Å²) in [5, 5.41) is 3.08. The molecule has 3 fully saturated rings. The van der Waals surface area contributed by atoms with Gasteiger partial charge in [0.2, 0.25) is 15.9 Å². The van der Waals surface area contributed by atoms with E-state index in [2.05, 4.69) is 10.0 Å². The van der Waals surface area contributed by atoms with Crippen LogP contribution in [0.25, 0.3) is 0 Å². The molecule has 1 aromatic rings. The van der Waals surface area contributed by atoms with Crippen molar-refractivity contribution in [2.75, 3.05) is 13.1 Å². The van der Waals surface area contributed by atoms with Gasteiger partial charge in [0.15, 0.2) is 0 Å². The van der Waals surface area contributed by atoms with Crippen molar-refractivity contribution in [3.8, 4) is 0 Å². The highest BCUT2D eigenvalue weighted by Crippen LogP contribution is 2.29. The van der Waals surface area contributed by atoms with Gasteiger partial charge < -0.3 is 10.2 Å². The van der Waals surface area contributed by atoms with Crippen LogP contribution in [0.15, 0.2) is 29.2 Å². The molecule has 3 aliphatic rings. The predicted molar refractivity (Wildman–Crippen MR) is 109 cm³/mol. The summed E-state index contributed by atoms with van der Waals surface area (Å²) in [4.78, 5) is 26.7. The molecule has 2 aliphatic carbocycles. The third kappa shape index (κ3) is 4.98. The Kier molecular flexibility index (Phi) is 5.92. The van der Waals surface area contributed by atoms with Crippen LogP contribution in [0.4, 0.5) is 0 Å². The molecule has 0 spiro atoms. The first-order valence-corrected chi connectivity index (χ1v) is 12.1. The van der Waals surface area contributed by atoms with Gasteiger partial charge in [-0.3, -0.25) is 9.59 Å². The van der Waals surface area contributed by atoms with Crippen LogP contribution in [0, 0.1) is 5.92 Å². The van der Waals surface area contributed by atoms with Gasteiger partial charge in [0.25, 0.3) is 5.91 Å². The molecule has 8 heteroatoms. The normalized spacial score (nSPS) is 21.3. The van der Waals surface area contributed by atoms with Crippen LogP contribution in [0.2, 0.25) is 0 Å². The molecule has 2 saturated carbocycles. The molecule has 0 unspecified atom stereocenters. The monoisotopic (exact) mass is 419 g/mol. The smallest absolute Gasteiger partial charge is 0.253 e. The molecule has 1 heterocycles. The van der Waals surface area contributed by atoms with Crippen molar-refractivity contribution >= 4 is 21.8 Å². The number of hydrogen-bond acceptors (Lipinski definition) is 4. The van der Waals surface area contributed by atoms with Gasteiger partial charge in [-0.25, -0.2) is 13.1 Å². The number of amides is 2. The highest BCUT2D eigenvalue weighted by atomic mass is 32.2. The van der Waals surface area contributed by atoms with Gasteiger partial charge in [-0.2, -0.15) is 0 Å². The van der Waals surface area contributed by atoms with Crippen molar-refractivity contribution in [3.63, 3.8) is 0 Å². The fraction of sp³-hybridized carbons (Fsp3) is 0.619. The fourth-order valence-electron chi connectivity index (χ4n) is 4.20. The Morgan fingerprint density at radius 1 is 0.931 bits per heavy atom. The molecule has 0 atom stereocenters. The highest BCUT2D eigenvalue weighted by Gasteiger charge is 2.32. The molecule has 7 nitrogen and oxygen atoms in total. The maximum Gasteiger partial charge on any atom is 0.253 e. The quantitative estimate of drug-likeness (QED) is 0.738. The van der Waals surface area contributed by atoms with E-state index in [1.54, 1.807) is 17.0 Å². The van der Waals surface area contributed by atoms with E-state index in [1.165, 1.54) is 12.1 Å². The van der Waals surface area contributed by atoms with Crippen LogP contribution >= 0.6 is 0 Å². The second-order valence-electron chi connectivity index (χ2n) is 8.48. The van der Waals surface area contributed by atoms with E-state index in [0.717, 1.165) is 51.4 Å². The van der Waals surface area contributed by atoms with Crippen molar-refractivity contribution in [1.82, 2.24) is 14.9 Å². The minimum absolute atomic E-state index is 0.00997. The first-order valence-electron chi connectivity index (χ1n) is 10.6. The minimum atomic E-state index is -3.62. The summed E-state index contributed by atoms with van der Waals surface area (Å²) in [6, 6.07) is 6.41. The topological polar surface area (TPSA) is 95.6 Å². The number of carbonyl (C=O) groups is 2. The zero-order valence-corrected chi connectivity index (χ0v) is 17.4. The lowest BCUT2D eigenvalue weighted by atomic mass is 10.0. The third-order valence-corrected chi connectivity index (χ3v) is 7.66. The number of sulfonamides is 1. The Morgan fingerprint density at radius 2 is 1.62 bits per heavy atom. The molecule has 4 rings (SSSR count). The lowest BCUT2D eigenvalue weighted by Gasteiger charge is -2.32. The average Bonchev–Trinajstić information content (AvgIpc) is 3.46. The SMILES string of the molecule is O=C(NC1CCN(C(=O)c2cccc(S(=O)(=O)NC3CCCC3)c2)CC1)C1CC1. The zero-order valence-electron chi connectivity index (χ0n) is 16.6. The molecule has 158 valence electrons. The van der Waals surface area contributed by atoms with Gasteiger partial charge in [0.05, 0.1) is 4.90 Å². The average molecular weight is 420 g/mol. The van der Waals surface area contributed by atoms with Crippen LogP contribution in [-0.4, -0.2) is 50.3 Å². The predicted octanol–water partition coefficient (Wildman–Crippen LogP) is 2.04. The lowest BCUT2D eigenvalue weighted by Crippen LogP contribution is -2.47. The Bertz CT molecular complexity index is 868. The van der Waals surface area contributed by atoms with Crippen LogP contribution in [0.1, 0.15) is 61.7 Å². The van der Waals surface area contributed by atoms with Gasteiger partial charge in [-0.15, -0.1) is 0 Å². The van der Waals surface area contributed by atoms with Crippen molar-refractivity contribution in [2.45, 2.75) is 68.3 Å². The summed E-state index contributed by atoms with van der Waals surface area (Å²) >= 11 is 0. The number of piperidine rings is 1. The summed E-state index contributed by atoms with van der Waals surface area (Å²) in [5.41, 5.74) is 0.389. The second kappa shape index (κ2) is 8.44. The number of nitrogens with zero attached hydrogens (tertiary/aromatic N) is 1. The molecule has 2 amide bonds. The van der Waals surface area contributed by atoms with E-state index in [0.29, 0.717) is 18.7 Å². The highest BCUT2D eigenvalue weighted by molar-refractivity contribution is 7.89. The number of rotatable bonds is 6. The molecule has 1 saturated heterocycles. The maximum absolute atomic E-state index is 12.9. The molecule has 0 bridgehead atoms. The van der Waals surface area contributed by atoms with E-state index in [9.17, 15) is 18.0 Å². The minimum Gasteiger partial charge on any atom is -0.353 e. The van der Waals surface area contributed by atoms with E-state index >= 15 is 0 Å². The van der Waals surface area contributed by atoms with Crippen molar-refractivity contribution < 1.29 is 18.0 Å². The molecule has 1 aromatic carbocycles. The standard InChI is InChI=1S/C21H29N3O4S/c25-20(15-8-9-15)22-17-10-12-24(13-11-17)21(26)16-4-3-7-19(14-16)29(27,28)23-18-5-1-2-6-18/h3-4,7,14-15,17-18,23H,1-2,5-6,8-13H2,(H,22,25). The Morgan fingerprint density at radius 3 is 2.28 bits per heavy atom. The number of hydrogen-bond donors (Lipinski definition) is 2. The first-order chi connectivity index (χ1) is 13.9. The number of nitrogens with one attached hydrogen (secondary N) is 2. The van der Waals surface area contributed by atoms with Crippen LogP contribution in [0.3, 0.4) is 0 Å². The largest absolute Gasteiger partial charge is 0.353 e. The van der Waals surface area contributed by atoms with Crippen molar-refractivity contribution in [2.24, 2.45) is 5.92 Å². The molecular formula is C21H29N3O4S. The molecule has 0 aromatic heterocycles. The Labute approximate surface area is 172 Å². The second-order valence-corrected chi connectivity index (χ2v) is 10.2. The lowest BCUT2D eigenvalue weighted by molar-refractivity contribution is -0.123. The van der Waals surface area contributed by atoms with Crippen LogP contribution < -0.4 is 10.0 Å².